The van der Waals surface area contributed by atoms with Crippen LogP contribution in [0, 0.1) is 18.8 Å². The number of anilines is 1. The molecule has 0 aliphatic heterocycles. The van der Waals surface area contributed by atoms with Crippen LogP contribution in [0.1, 0.15) is 55.1 Å². The number of hydrogen-bond acceptors (Lipinski definition) is 3. The second-order valence-corrected chi connectivity index (χ2v) is 6.09. The van der Waals surface area contributed by atoms with Crippen molar-refractivity contribution < 1.29 is 4.79 Å². The van der Waals surface area contributed by atoms with Crippen molar-refractivity contribution in [2.45, 2.75) is 46.0 Å². The second-order valence-electron chi connectivity index (χ2n) is 6.09. The molecule has 0 aromatic carbocycles. The van der Waals surface area contributed by atoms with Gasteiger partial charge in [-0.3, -0.25) is 4.79 Å². The Bertz CT molecular complexity index is 445. The number of aryl methyl sites for hydroxylation is 1. The highest BCUT2D eigenvalue weighted by molar-refractivity contribution is 5.94. The first-order valence-corrected chi connectivity index (χ1v) is 7.57. The van der Waals surface area contributed by atoms with Gasteiger partial charge < -0.3 is 11.1 Å². The number of rotatable bonds is 4. The van der Waals surface area contributed by atoms with Gasteiger partial charge in [-0.15, -0.1) is 0 Å². The third kappa shape index (κ3) is 4.22. The molecule has 1 aliphatic rings. The van der Waals surface area contributed by atoms with Gasteiger partial charge in [0.05, 0.1) is 0 Å². The molecule has 1 amide bonds. The lowest BCUT2D eigenvalue weighted by Crippen LogP contribution is -2.27. The maximum atomic E-state index is 12.0. The molecule has 4 heteroatoms. The van der Waals surface area contributed by atoms with E-state index in [4.69, 9.17) is 5.73 Å². The number of aromatic nitrogens is 1. The van der Waals surface area contributed by atoms with Gasteiger partial charge in [0, 0.05) is 17.8 Å². The van der Waals surface area contributed by atoms with E-state index in [1.54, 1.807) is 12.1 Å². The zero-order valence-electron chi connectivity index (χ0n) is 12.5. The van der Waals surface area contributed by atoms with Crippen molar-refractivity contribution >= 4 is 11.7 Å². The normalized spacial score (nSPS) is 22.5. The van der Waals surface area contributed by atoms with E-state index in [0.29, 0.717) is 11.4 Å². The van der Waals surface area contributed by atoms with Crippen LogP contribution in [0.5, 0.6) is 0 Å². The molecule has 20 heavy (non-hydrogen) atoms. The van der Waals surface area contributed by atoms with Crippen LogP contribution in [0.25, 0.3) is 0 Å². The fourth-order valence-corrected chi connectivity index (χ4v) is 2.93. The van der Waals surface area contributed by atoms with Crippen molar-refractivity contribution in [1.29, 1.82) is 0 Å². The summed E-state index contributed by atoms with van der Waals surface area (Å²) >= 11 is 0. The minimum Gasteiger partial charge on any atom is -0.384 e. The number of carbonyl (C=O) groups excluding carboxylic acids is 1. The third-order valence-corrected chi connectivity index (χ3v) is 4.21. The van der Waals surface area contributed by atoms with Gasteiger partial charge in [0.2, 0.25) is 0 Å². The van der Waals surface area contributed by atoms with Crippen LogP contribution < -0.4 is 11.1 Å². The van der Waals surface area contributed by atoms with Crippen LogP contribution in [0.2, 0.25) is 0 Å². The molecule has 4 nitrogen and oxygen atoms in total. The summed E-state index contributed by atoms with van der Waals surface area (Å²) in [7, 11) is 0. The summed E-state index contributed by atoms with van der Waals surface area (Å²) in [5.74, 6) is 2.00. The van der Waals surface area contributed by atoms with Crippen LogP contribution in [0.3, 0.4) is 0 Å². The summed E-state index contributed by atoms with van der Waals surface area (Å²) < 4.78 is 0. The number of nitrogens with two attached hydrogens (primary N) is 1. The van der Waals surface area contributed by atoms with E-state index in [-0.39, 0.29) is 5.91 Å². The highest BCUT2D eigenvalue weighted by Crippen LogP contribution is 2.29. The molecular formula is C16H25N3O. The van der Waals surface area contributed by atoms with Gasteiger partial charge in [-0.05, 0) is 37.3 Å². The van der Waals surface area contributed by atoms with Crippen molar-refractivity contribution in [3.63, 3.8) is 0 Å². The Morgan fingerprint density at radius 2 is 2.05 bits per heavy atom. The Kier molecular flexibility index (Phi) is 4.99. The number of hydrogen-bond donors (Lipinski definition) is 2. The largest absolute Gasteiger partial charge is 0.384 e. The molecular weight excluding hydrogens is 250 g/mol. The molecule has 0 spiro atoms. The fourth-order valence-electron chi connectivity index (χ4n) is 2.93. The Hall–Kier alpha value is -1.58. The summed E-state index contributed by atoms with van der Waals surface area (Å²) in [4.78, 5) is 16.1. The molecule has 1 heterocycles. The molecule has 1 saturated carbocycles. The van der Waals surface area contributed by atoms with E-state index < -0.39 is 0 Å². The molecule has 0 atom stereocenters. The van der Waals surface area contributed by atoms with Crippen molar-refractivity contribution in [2.24, 2.45) is 11.8 Å². The summed E-state index contributed by atoms with van der Waals surface area (Å²) in [5.41, 5.74) is 7.04. The van der Waals surface area contributed by atoms with E-state index in [0.717, 1.165) is 30.5 Å². The molecule has 0 unspecified atom stereocenters. The van der Waals surface area contributed by atoms with Crippen LogP contribution in [0.4, 0.5) is 5.82 Å². The van der Waals surface area contributed by atoms with Gasteiger partial charge in [-0.1, -0.05) is 32.6 Å². The molecule has 0 radical (unpaired) electrons. The molecule has 1 fully saturated rings. The predicted molar refractivity (Wildman–Crippen MR) is 81.5 cm³/mol. The molecule has 0 saturated heterocycles. The number of amides is 1. The Labute approximate surface area is 121 Å². The Balaban J connectivity index is 1.77. The first-order valence-electron chi connectivity index (χ1n) is 7.57. The number of nitrogen functional groups attached to an aromatic ring is 1. The smallest absolute Gasteiger partial charge is 0.251 e. The van der Waals surface area contributed by atoms with Gasteiger partial charge >= 0.3 is 0 Å². The van der Waals surface area contributed by atoms with Crippen LogP contribution in [-0.2, 0) is 0 Å². The summed E-state index contributed by atoms with van der Waals surface area (Å²) in [6, 6.07) is 3.40. The SMILES string of the molecule is Cc1cc(C(=O)NCCC2CCC(C)CC2)cc(N)n1. The molecule has 110 valence electrons. The van der Waals surface area contributed by atoms with Crippen molar-refractivity contribution in [3.05, 3.63) is 23.4 Å². The highest BCUT2D eigenvalue weighted by Gasteiger charge is 2.18. The molecule has 2 rings (SSSR count). The zero-order chi connectivity index (χ0) is 14.5. The molecule has 1 aromatic heterocycles. The molecule has 0 bridgehead atoms. The highest BCUT2D eigenvalue weighted by atomic mass is 16.1. The van der Waals surface area contributed by atoms with Gasteiger partial charge in [0.25, 0.3) is 5.91 Å². The first kappa shape index (κ1) is 14.8. The standard InChI is InChI=1S/C16H25N3O/c1-11-3-5-13(6-4-11)7-8-18-16(20)14-9-12(2)19-15(17)10-14/h9-11,13H,3-8H2,1-2H3,(H2,17,19)(H,18,20). The average Bonchev–Trinajstić information content (AvgIpc) is 2.40. The second kappa shape index (κ2) is 6.73. The lowest BCUT2D eigenvalue weighted by molar-refractivity contribution is 0.0949. The molecule has 1 aliphatic carbocycles. The minimum absolute atomic E-state index is 0.0497. The van der Waals surface area contributed by atoms with E-state index in [1.807, 2.05) is 6.92 Å². The number of nitrogens with one attached hydrogen (secondary N) is 1. The zero-order valence-corrected chi connectivity index (χ0v) is 12.5. The molecule has 3 N–H and O–H groups in total. The lowest BCUT2D eigenvalue weighted by Gasteiger charge is -2.26. The number of carbonyl (C=O) groups is 1. The lowest BCUT2D eigenvalue weighted by atomic mass is 9.81. The van der Waals surface area contributed by atoms with E-state index in [9.17, 15) is 4.79 Å². The first-order chi connectivity index (χ1) is 9.54. The maximum absolute atomic E-state index is 12.0. The Morgan fingerprint density at radius 3 is 2.70 bits per heavy atom. The van der Waals surface area contributed by atoms with E-state index >= 15 is 0 Å². The van der Waals surface area contributed by atoms with Gasteiger partial charge in [-0.2, -0.15) is 0 Å². The summed E-state index contributed by atoms with van der Waals surface area (Å²) in [6.07, 6.45) is 6.35. The van der Waals surface area contributed by atoms with E-state index in [1.165, 1.54) is 25.7 Å². The maximum Gasteiger partial charge on any atom is 0.251 e. The molecule has 1 aromatic rings. The topological polar surface area (TPSA) is 68.0 Å². The van der Waals surface area contributed by atoms with Gasteiger partial charge in [0.1, 0.15) is 5.82 Å². The van der Waals surface area contributed by atoms with Gasteiger partial charge in [-0.25, -0.2) is 4.98 Å². The van der Waals surface area contributed by atoms with Crippen molar-refractivity contribution in [2.75, 3.05) is 12.3 Å². The number of pyridine rings is 1. The monoisotopic (exact) mass is 275 g/mol. The van der Waals surface area contributed by atoms with Crippen molar-refractivity contribution in [1.82, 2.24) is 10.3 Å². The Morgan fingerprint density at radius 1 is 1.35 bits per heavy atom. The van der Waals surface area contributed by atoms with E-state index in [2.05, 4.69) is 17.2 Å². The number of nitrogens with zero attached hydrogens (tertiary/aromatic N) is 1. The quantitative estimate of drug-likeness (QED) is 0.887. The third-order valence-electron chi connectivity index (χ3n) is 4.21. The van der Waals surface area contributed by atoms with Crippen LogP contribution >= 0.6 is 0 Å². The summed E-state index contributed by atoms with van der Waals surface area (Å²) in [6.45, 7) is 4.92. The summed E-state index contributed by atoms with van der Waals surface area (Å²) in [5, 5.41) is 2.99. The van der Waals surface area contributed by atoms with Crippen molar-refractivity contribution in [3.8, 4) is 0 Å². The predicted octanol–water partition coefficient (Wildman–Crippen LogP) is 2.92. The average molecular weight is 275 g/mol. The van der Waals surface area contributed by atoms with Crippen LogP contribution in [0.15, 0.2) is 12.1 Å². The minimum atomic E-state index is -0.0497. The van der Waals surface area contributed by atoms with Crippen LogP contribution in [-0.4, -0.2) is 17.4 Å². The van der Waals surface area contributed by atoms with Gasteiger partial charge in [0.15, 0.2) is 0 Å². The fraction of sp³-hybridized carbons (Fsp3) is 0.625.